The van der Waals surface area contributed by atoms with E-state index in [4.69, 9.17) is 5.73 Å². The number of pyridine rings is 1. The number of nitrogen functional groups attached to an aromatic ring is 1. The highest BCUT2D eigenvalue weighted by atomic mass is 79.9. The molecule has 2 rings (SSSR count). The monoisotopic (exact) mass is 265 g/mol. The third kappa shape index (κ3) is 1.77. The summed E-state index contributed by atoms with van der Waals surface area (Å²) in [6, 6.07) is 5.76. The summed E-state index contributed by atoms with van der Waals surface area (Å²) in [4.78, 5) is 4.30. The van der Waals surface area contributed by atoms with Gasteiger partial charge in [-0.2, -0.15) is 0 Å². The molecule has 2 aromatic rings. The highest BCUT2D eigenvalue weighted by molar-refractivity contribution is 9.10. The fraction of sp³-hybridized carbons (Fsp3) is 0.182. The molecule has 1 heterocycles. The molecule has 0 bridgehead atoms. The van der Waals surface area contributed by atoms with Crippen LogP contribution in [0.5, 0.6) is 0 Å². The molecule has 1 aromatic heterocycles. The van der Waals surface area contributed by atoms with E-state index >= 15 is 0 Å². The highest BCUT2D eigenvalue weighted by Gasteiger charge is 2.07. The molecule has 0 aliphatic heterocycles. The van der Waals surface area contributed by atoms with Gasteiger partial charge in [0.2, 0.25) is 0 Å². The molecule has 4 heteroatoms. The van der Waals surface area contributed by atoms with Crippen LogP contribution in [0.15, 0.2) is 28.9 Å². The molecule has 0 atom stereocenters. The van der Waals surface area contributed by atoms with Crippen LogP contribution >= 0.6 is 15.9 Å². The standard InChI is InChI=1S/C11H12BrN3/c1-2-14-11-10-7(5-6-15-11)9(13)4-3-8(10)12/h3-6H,2,13H2,1H3,(H,14,15). The van der Waals surface area contributed by atoms with Crippen molar-refractivity contribution in [1.82, 2.24) is 4.98 Å². The van der Waals surface area contributed by atoms with E-state index in [1.165, 1.54) is 0 Å². The molecule has 78 valence electrons. The van der Waals surface area contributed by atoms with Crippen LogP contribution in [0.4, 0.5) is 11.5 Å². The maximum absolute atomic E-state index is 5.91. The van der Waals surface area contributed by atoms with Crippen molar-refractivity contribution in [3.63, 3.8) is 0 Å². The van der Waals surface area contributed by atoms with Crippen LogP contribution in [0.25, 0.3) is 10.8 Å². The number of fused-ring (bicyclic) bond motifs is 1. The van der Waals surface area contributed by atoms with Crippen LogP contribution in [-0.2, 0) is 0 Å². The van der Waals surface area contributed by atoms with Gasteiger partial charge in [0, 0.05) is 33.7 Å². The Balaban J connectivity index is 2.78. The predicted octanol–water partition coefficient (Wildman–Crippen LogP) is 3.01. The number of nitrogens with one attached hydrogen (secondary N) is 1. The Labute approximate surface area is 96.8 Å². The van der Waals surface area contributed by atoms with Gasteiger partial charge in [0.1, 0.15) is 5.82 Å². The molecular formula is C11H12BrN3. The quantitative estimate of drug-likeness (QED) is 0.821. The van der Waals surface area contributed by atoms with Crippen LogP contribution in [-0.4, -0.2) is 11.5 Å². The number of nitrogens with two attached hydrogens (primary N) is 1. The van der Waals surface area contributed by atoms with E-state index in [1.807, 2.05) is 25.1 Å². The number of rotatable bonds is 2. The summed E-state index contributed by atoms with van der Waals surface area (Å²) in [5, 5.41) is 5.29. The molecule has 0 amide bonds. The van der Waals surface area contributed by atoms with E-state index < -0.39 is 0 Å². The lowest BCUT2D eigenvalue weighted by molar-refractivity contribution is 1.17. The lowest BCUT2D eigenvalue weighted by Crippen LogP contribution is -2.00. The molecular weight excluding hydrogens is 254 g/mol. The summed E-state index contributed by atoms with van der Waals surface area (Å²) < 4.78 is 1.01. The molecule has 15 heavy (non-hydrogen) atoms. The Morgan fingerprint density at radius 2 is 2.20 bits per heavy atom. The Morgan fingerprint density at radius 3 is 2.93 bits per heavy atom. The van der Waals surface area contributed by atoms with Gasteiger partial charge in [0.15, 0.2) is 0 Å². The third-order valence-corrected chi connectivity index (χ3v) is 2.92. The molecule has 0 fully saturated rings. The van der Waals surface area contributed by atoms with Gasteiger partial charge in [-0.25, -0.2) is 4.98 Å². The SMILES string of the molecule is CCNc1nccc2c(N)ccc(Br)c12. The maximum Gasteiger partial charge on any atom is 0.135 e. The van der Waals surface area contributed by atoms with E-state index in [-0.39, 0.29) is 0 Å². The van der Waals surface area contributed by atoms with Crippen molar-refractivity contribution < 1.29 is 0 Å². The van der Waals surface area contributed by atoms with Crippen molar-refractivity contribution >= 4 is 38.2 Å². The van der Waals surface area contributed by atoms with Gasteiger partial charge >= 0.3 is 0 Å². The topological polar surface area (TPSA) is 50.9 Å². The second kappa shape index (κ2) is 4.06. The van der Waals surface area contributed by atoms with Gasteiger partial charge < -0.3 is 11.1 Å². The first-order valence-corrected chi connectivity index (χ1v) is 5.60. The lowest BCUT2D eigenvalue weighted by atomic mass is 10.1. The summed E-state index contributed by atoms with van der Waals surface area (Å²) in [5.74, 6) is 0.870. The van der Waals surface area contributed by atoms with Crippen LogP contribution in [0.2, 0.25) is 0 Å². The Morgan fingerprint density at radius 1 is 1.40 bits per heavy atom. The molecule has 1 aromatic carbocycles. The Hall–Kier alpha value is -1.29. The number of halogens is 1. The van der Waals surface area contributed by atoms with Crippen molar-refractivity contribution in [2.75, 3.05) is 17.6 Å². The molecule has 0 unspecified atom stereocenters. The summed E-state index contributed by atoms with van der Waals surface area (Å²) in [7, 11) is 0. The van der Waals surface area contributed by atoms with Crippen molar-refractivity contribution in [2.45, 2.75) is 6.92 Å². The fourth-order valence-electron chi connectivity index (χ4n) is 1.58. The molecule has 0 radical (unpaired) electrons. The molecule has 0 saturated carbocycles. The first kappa shape index (κ1) is 10.2. The maximum atomic E-state index is 5.91. The second-order valence-electron chi connectivity index (χ2n) is 3.25. The van der Waals surface area contributed by atoms with Gasteiger partial charge in [-0.15, -0.1) is 0 Å². The number of hydrogen-bond acceptors (Lipinski definition) is 3. The average Bonchev–Trinajstić information content (AvgIpc) is 2.24. The number of aromatic nitrogens is 1. The number of hydrogen-bond donors (Lipinski definition) is 2. The largest absolute Gasteiger partial charge is 0.398 e. The Bertz CT molecular complexity index is 496. The predicted molar refractivity (Wildman–Crippen MR) is 68.0 cm³/mol. The molecule has 3 N–H and O–H groups in total. The van der Waals surface area contributed by atoms with Crippen LogP contribution < -0.4 is 11.1 Å². The summed E-state index contributed by atoms with van der Waals surface area (Å²) >= 11 is 3.52. The van der Waals surface area contributed by atoms with Crippen molar-refractivity contribution in [1.29, 1.82) is 0 Å². The van der Waals surface area contributed by atoms with E-state index in [1.54, 1.807) is 6.20 Å². The molecule has 0 aliphatic rings. The van der Waals surface area contributed by atoms with Gasteiger partial charge in [0.25, 0.3) is 0 Å². The minimum absolute atomic E-state index is 0.773. The van der Waals surface area contributed by atoms with E-state index in [9.17, 15) is 0 Å². The molecule has 0 aliphatic carbocycles. The van der Waals surface area contributed by atoms with Gasteiger partial charge in [-0.3, -0.25) is 0 Å². The summed E-state index contributed by atoms with van der Waals surface area (Å²) in [6.07, 6.45) is 1.77. The first-order chi connectivity index (χ1) is 7.24. The van der Waals surface area contributed by atoms with E-state index in [2.05, 4.69) is 26.2 Å². The smallest absolute Gasteiger partial charge is 0.135 e. The highest BCUT2D eigenvalue weighted by Crippen LogP contribution is 2.32. The van der Waals surface area contributed by atoms with Crippen LogP contribution in [0.1, 0.15) is 6.92 Å². The second-order valence-corrected chi connectivity index (χ2v) is 4.10. The number of nitrogens with zero attached hydrogens (tertiary/aromatic N) is 1. The zero-order valence-corrected chi connectivity index (χ0v) is 10.0. The van der Waals surface area contributed by atoms with Gasteiger partial charge in [-0.05, 0) is 25.1 Å². The average molecular weight is 266 g/mol. The van der Waals surface area contributed by atoms with Crippen molar-refractivity contribution in [3.8, 4) is 0 Å². The molecule has 0 saturated heterocycles. The zero-order chi connectivity index (χ0) is 10.8. The first-order valence-electron chi connectivity index (χ1n) is 4.80. The molecule has 3 nitrogen and oxygen atoms in total. The van der Waals surface area contributed by atoms with Crippen molar-refractivity contribution in [3.05, 3.63) is 28.9 Å². The molecule has 0 spiro atoms. The van der Waals surface area contributed by atoms with E-state index in [0.717, 1.165) is 33.3 Å². The number of anilines is 2. The summed E-state index contributed by atoms with van der Waals surface area (Å²) in [6.45, 7) is 2.88. The summed E-state index contributed by atoms with van der Waals surface area (Å²) in [5.41, 5.74) is 6.69. The lowest BCUT2D eigenvalue weighted by Gasteiger charge is -2.09. The minimum atomic E-state index is 0.773. The Kier molecular flexibility index (Phi) is 2.77. The number of benzene rings is 1. The van der Waals surface area contributed by atoms with Gasteiger partial charge in [-0.1, -0.05) is 15.9 Å². The normalized spacial score (nSPS) is 10.5. The van der Waals surface area contributed by atoms with E-state index in [0.29, 0.717) is 0 Å². The van der Waals surface area contributed by atoms with Crippen molar-refractivity contribution in [2.24, 2.45) is 0 Å². The van der Waals surface area contributed by atoms with Crippen LogP contribution in [0, 0.1) is 0 Å². The third-order valence-electron chi connectivity index (χ3n) is 2.25. The minimum Gasteiger partial charge on any atom is -0.398 e. The van der Waals surface area contributed by atoms with Crippen LogP contribution in [0.3, 0.4) is 0 Å². The fourth-order valence-corrected chi connectivity index (χ4v) is 2.12. The van der Waals surface area contributed by atoms with Gasteiger partial charge in [0.05, 0.1) is 0 Å². The zero-order valence-electron chi connectivity index (χ0n) is 8.42.